The van der Waals surface area contributed by atoms with E-state index >= 15 is 0 Å². The molecule has 1 aliphatic heterocycles. The van der Waals surface area contributed by atoms with Gasteiger partial charge in [-0.05, 0) is 46.5 Å². The van der Waals surface area contributed by atoms with Crippen LogP contribution in [0.15, 0.2) is 0 Å². The highest BCUT2D eigenvalue weighted by Gasteiger charge is 2.31. The van der Waals surface area contributed by atoms with E-state index in [1.54, 1.807) is 0 Å². The lowest BCUT2D eigenvalue weighted by atomic mass is 10.1. The van der Waals surface area contributed by atoms with Crippen LogP contribution in [0.1, 0.15) is 40.5 Å². The van der Waals surface area contributed by atoms with Crippen LogP contribution in [-0.2, 0) is 4.74 Å². The molecule has 1 saturated heterocycles. The molecular weight excluding hydrogens is 292 g/mol. The van der Waals surface area contributed by atoms with Crippen LogP contribution in [0, 0.1) is 5.92 Å². The fourth-order valence-electron chi connectivity index (χ4n) is 3.20. The number of piperazine rings is 1. The van der Waals surface area contributed by atoms with Crippen LogP contribution in [0.2, 0.25) is 0 Å². The Labute approximate surface area is 140 Å². The Morgan fingerprint density at radius 2 is 1.87 bits per heavy atom. The van der Waals surface area contributed by atoms with E-state index in [4.69, 9.17) is 10.5 Å². The van der Waals surface area contributed by atoms with E-state index in [0.29, 0.717) is 6.54 Å². The third-order valence-electron chi connectivity index (χ3n) is 4.65. The summed E-state index contributed by atoms with van der Waals surface area (Å²) in [6.45, 7) is 13.7. The lowest BCUT2D eigenvalue weighted by molar-refractivity contribution is 0.0428. The molecule has 23 heavy (non-hydrogen) atoms. The van der Waals surface area contributed by atoms with Gasteiger partial charge in [0.05, 0.1) is 0 Å². The van der Waals surface area contributed by atoms with Gasteiger partial charge in [0.15, 0.2) is 0 Å². The molecule has 1 amide bonds. The minimum absolute atomic E-state index is 0.0233. The highest BCUT2D eigenvalue weighted by atomic mass is 16.6. The van der Waals surface area contributed by atoms with Crippen molar-refractivity contribution in [1.29, 1.82) is 0 Å². The van der Waals surface area contributed by atoms with Gasteiger partial charge >= 0.3 is 6.09 Å². The van der Waals surface area contributed by atoms with Gasteiger partial charge in [-0.25, -0.2) is 4.79 Å². The Balaban J connectivity index is 1.78. The average molecular weight is 326 g/mol. The van der Waals surface area contributed by atoms with Crippen LogP contribution in [-0.4, -0.2) is 72.8 Å². The van der Waals surface area contributed by atoms with E-state index in [2.05, 4.69) is 15.1 Å². The Hall–Kier alpha value is -0.850. The summed E-state index contributed by atoms with van der Waals surface area (Å²) in [6, 6.07) is 0.135. The highest BCUT2D eigenvalue weighted by molar-refractivity contribution is 5.68. The van der Waals surface area contributed by atoms with E-state index in [-0.39, 0.29) is 18.2 Å². The van der Waals surface area contributed by atoms with Crippen molar-refractivity contribution in [3.63, 3.8) is 0 Å². The molecule has 3 N–H and O–H groups in total. The first-order valence-corrected chi connectivity index (χ1v) is 8.94. The normalized spacial score (nSPS) is 23.3. The van der Waals surface area contributed by atoms with Gasteiger partial charge in [0.1, 0.15) is 5.60 Å². The second-order valence-corrected chi connectivity index (χ2v) is 8.02. The lowest BCUT2D eigenvalue weighted by Gasteiger charge is -2.41. The monoisotopic (exact) mass is 326 g/mol. The summed E-state index contributed by atoms with van der Waals surface area (Å²) < 4.78 is 5.34. The van der Waals surface area contributed by atoms with Gasteiger partial charge in [-0.2, -0.15) is 0 Å². The smallest absolute Gasteiger partial charge is 0.407 e. The van der Waals surface area contributed by atoms with Crippen molar-refractivity contribution in [3.05, 3.63) is 0 Å². The second-order valence-electron chi connectivity index (χ2n) is 8.02. The lowest BCUT2D eigenvalue weighted by Crippen LogP contribution is -2.59. The van der Waals surface area contributed by atoms with Gasteiger partial charge in [-0.1, -0.05) is 0 Å². The Morgan fingerprint density at radius 3 is 2.35 bits per heavy atom. The Bertz CT molecular complexity index is 385. The first kappa shape index (κ1) is 18.5. The van der Waals surface area contributed by atoms with Gasteiger partial charge in [0.25, 0.3) is 0 Å². The third kappa shape index (κ3) is 6.28. The number of ether oxygens (including phenoxy) is 1. The molecule has 2 unspecified atom stereocenters. The topological polar surface area (TPSA) is 70.8 Å². The second kappa shape index (κ2) is 7.81. The molecule has 1 heterocycles. The van der Waals surface area contributed by atoms with Crippen LogP contribution in [0.25, 0.3) is 0 Å². The maximum absolute atomic E-state index is 12.0. The van der Waals surface area contributed by atoms with E-state index in [9.17, 15) is 4.79 Å². The van der Waals surface area contributed by atoms with Crippen molar-refractivity contribution in [3.8, 4) is 0 Å². The van der Waals surface area contributed by atoms with Crippen molar-refractivity contribution >= 4 is 6.09 Å². The predicted octanol–water partition coefficient (Wildman–Crippen LogP) is 1.25. The van der Waals surface area contributed by atoms with Crippen molar-refractivity contribution < 1.29 is 9.53 Å². The van der Waals surface area contributed by atoms with E-state index in [1.165, 1.54) is 19.4 Å². The van der Waals surface area contributed by atoms with E-state index in [1.807, 2.05) is 27.7 Å². The number of nitrogens with two attached hydrogens (primary N) is 1. The minimum Gasteiger partial charge on any atom is -0.444 e. The number of hydrogen-bond acceptors (Lipinski definition) is 5. The number of nitrogens with zero attached hydrogens (tertiary/aromatic N) is 2. The maximum Gasteiger partial charge on any atom is 0.407 e. The Kier molecular flexibility index (Phi) is 6.28. The molecule has 2 rings (SSSR count). The summed E-state index contributed by atoms with van der Waals surface area (Å²) >= 11 is 0. The summed E-state index contributed by atoms with van der Waals surface area (Å²) in [5.74, 6) is 0.944. The molecule has 0 bridgehead atoms. The summed E-state index contributed by atoms with van der Waals surface area (Å²) in [6.07, 6.45) is 2.45. The van der Waals surface area contributed by atoms with Gasteiger partial charge in [-0.15, -0.1) is 0 Å². The van der Waals surface area contributed by atoms with Gasteiger partial charge in [0, 0.05) is 51.4 Å². The van der Waals surface area contributed by atoms with Gasteiger partial charge in [0.2, 0.25) is 0 Å². The number of alkyl carbamates (subject to hydrolysis) is 1. The fourth-order valence-corrected chi connectivity index (χ4v) is 3.20. The van der Waals surface area contributed by atoms with E-state index < -0.39 is 5.60 Å². The third-order valence-corrected chi connectivity index (χ3v) is 4.65. The molecular formula is C17H34N4O2. The molecule has 0 aromatic heterocycles. The predicted molar refractivity (Wildman–Crippen MR) is 92.4 cm³/mol. The van der Waals surface area contributed by atoms with Crippen LogP contribution in [0.3, 0.4) is 0 Å². The molecule has 134 valence electrons. The van der Waals surface area contributed by atoms with E-state index in [0.717, 1.165) is 32.1 Å². The molecule has 0 aromatic rings. The Morgan fingerprint density at radius 1 is 1.26 bits per heavy atom. The van der Waals surface area contributed by atoms with Crippen LogP contribution in [0.4, 0.5) is 4.79 Å². The molecule has 2 fully saturated rings. The van der Waals surface area contributed by atoms with Gasteiger partial charge < -0.3 is 20.7 Å². The quantitative estimate of drug-likeness (QED) is 0.769. The summed E-state index contributed by atoms with van der Waals surface area (Å²) in [7, 11) is 0. The van der Waals surface area contributed by atoms with Gasteiger partial charge in [-0.3, -0.25) is 4.90 Å². The fraction of sp³-hybridized carbons (Fsp3) is 0.941. The number of amides is 1. The largest absolute Gasteiger partial charge is 0.444 e. The molecule has 0 aromatic carbocycles. The molecule has 2 aliphatic rings. The minimum atomic E-state index is -0.476. The molecule has 6 heteroatoms. The number of rotatable bonds is 6. The van der Waals surface area contributed by atoms with Crippen LogP contribution in [0.5, 0.6) is 0 Å². The average Bonchev–Trinajstić information content (AvgIpc) is 3.23. The highest BCUT2D eigenvalue weighted by Crippen LogP contribution is 2.30. The van der Waals surface area contributed by atoms with Crippen molar-refractivity contribution in [2.45, 2.75) is 58.2 Å². The zero-order chi connectivity index (χ0) is 17.0. The molecule has 0 radical (unpaired) electrons. The standard InChI is InChI=1S/C17H34N4O2/c1-13(19-16(22)23-17(2,3)4)15(11-18)21-9-7-20(8-10-21)12-14-5-6-14/h13-15H,5-12,18H2,1-4H3,(H,19,22). The first-order valence-electron chi connectivity index (χ1n) is 8.94. The van der Waals surface area contributed by atoms with Crippen LogP contribution < -0.4 is 11.1 Å². The van der Waals surface area contributed by atoms with Crippen LogP contribution >= 0.6 is 0 Å². The molecule has 0 spiro atoms. The van der Waals surface area contributed by atoms with Crippen molar-refractivity contribution in [2.24, 2.45) is 11.7 Å². The SMILES string of the molecule is CC(NC(=O)OC(C)(C)C)C(CN)N1CCN(CC2CC2)CC1. The van der Waals surface area contributed by atoms with Crippen molar-refractivity contribution in [2.75, 3.05) is 39.3 Å². The summed E-state index contributed by atoms with van der Waals surface area (Å²) in [5, 5.41) is 2.94. The molecule has 2 atom stereocenters. The number of hydrogen-bond donors (Lipinski definition) is 2. The number of carbonyl (C=O) groups is 1. The maximum atomic E-state index is 12.0. The molecule has 1 aliphatic carbocycles. The molecule has 1 saturated carbocycles. The number of nitrogens with one attached hydrogen (secondary N) is 1. The zero-order valence-corrected chi connectivity index (χ0v) is 15.2. The summed E-state index contributed by atoms with van der Waals surface area (Å²) in [5.41, 5.74) is 5.51. The zero-order valence-electron chi connectivity index (χ0n) is 15.2. The first-order chi connectivity index (χ1) is 10.8. The van der Waals surface area contributed by atoms with Crippen molar-refractivity contribution in [1.82, 2.24) is 15.1 Å². The summed E-state index contributed by atoms with van der Waals surface area (Å²) in [4.78, 5) is 16.9. The molecule has 6 nitrogen and oxygen atoms in total. The number of carbonyl (C=O) groups excluding carboxylic acids is 1.